The fourth-order valence-electron chi connectivity index (χ4n) is 3.99. The topological polar surface area (TPSA) is 68.3 Å². The number of hydrogen-bond donors (Lipinski definition) is 0. The molecule has 32 heavy (non-hydrogen) atoms. The zero-order valence-electron chi connectivity index (χ0n) is 18.6. The SMILES string of the molecule is Cc1cnn(CC(=O)N2CCC(c3cc4nc(C(C)(C)C)cc(C(F)(F)F)n4n3)CC2)c1. The average Bonchev–Trinajstić information content (AvgIpc) is 3.31. The van der Waals surface area contributed by atoms with Crippen LogP contribution in [0.2, 0.25) is 0 Å². The number of carbonyl (C=O) groups is 1. The molecule has 4 heterocycles. The number of halogens is 3. The molecule has 10 heteroatoms. The van der Waals surface area contributed by atoms with E-state index in [1.165, 1.54) is 0 Å². The van der Waals surface area contributed by atoms with Crippen LogP contribution >= 0.6 is 0 Å². The lowest BCUT2D eigenvalue weighted by Gasteiger charge is -2.31. The molecule has 0 bridgehead atoms. The molecule has 4 rings (SSSR count). The maximum Gasteiger partial charge on any atom is 0.433 e. The Morgan fingerprint density at radius 3 is 2.41 bits per heavy atom. The molecule has 0 aliphatic carbocycles. The number of amides is 1. The van der Waals surface area contributed by atoms with Crippen LogP contribution < -0.4 is 0 Å². The van der Waals surface area contributed by atoms with Gasteiger partial charge in [-0.15, -0.1) is 0 Å². The third-order valence-electron chi connectivity index (χ3n) is 5.83. The third kappa shape index (κ3) is 4.49. The van der Waals surface area contributed by atoms with Crippen molar-refractivity contribution in [3.8, 4) is 0 Å². The second-order valence-corrected chi connectivity index (χ2v) is 9.48. The van der Waals surface area contributed by atoms with E-state index in [4.69, 9.17) is 0 Å². The van der Waals surface area contributed by atoms with Gasteiger partial charge in [-0.3, -0.25) is 9.48 Å². The van der Waals surface area contributed by atoms with Gasteiger partial charge in [0.05, 0.1) is 17.6 Å². The van der Waals surface area contributed by atoms with Crippen LogP contribution in [0.3, 0.4) is 0 Å². The Morgan fingerprint density at radius 2 is 1.84 bits per heavy atom. The number of hydrogen-bond acceptors (Lipinski definition) is 4. The van der Waals surface area contributed by atoms with Crippen molar-refractivity contribution < 1.29 is 18.0 Å². The van der Waals surface area contributed by atoms with Crippen LogP contribution in [0.15, 0.2) is 24.5 Å². The molecule has 1 amide bonds. The van der Waals surface area contributed by atoms with Gasteiger partial charge in [0.25, 0.3) is 0 Å². The van der Waals surface area contributed by atoms with E-state index in [0.29, 0.717) is 37.3 Å². The highest BCUT2D eigenvalue weighted by Gasteiger charge is 2.37. The summed E-state index contributed by atoms with van der Waals surface area (Å²) < 4.78 is 43.7. The fourth-order valence-corrected chi connectivity index (χ4v) is 3.99. The second-order valence-electron chi connectivity index (χ2n) is 9.48. The van der Waals surface area contributed by atoms with Crippen LogP contribution in [-0.2, 0) is 22.9 Å². The van der Waals surface area contributed by atoms with Crippen LogP contribution in [0, 0.1) is 6.92 Å². The van der Waals surface area contributed by atoms with Gasteiger partial charge in [0.2, 0.25) is 5.91 Å². The quantitative estimate of drug-likeness (QED) is 0.608. The summed E-state index contributed by atoms with van der Waals surface area (Å²) in [5.74, 6) is -0.0377. The maximum atomic E-state index is 13.7. The van der Waals surface area contributed by atoms with Crippen LogP contribution in [0.4, 0.5) is 13.2 Å². The molecule has 0 N–H and O–H groups in total. The first-order chi connectivity index (χ1) is 14.9. The van der Waals surface area contributed by atoms with Crippen molar-refractivity contribution in [1.82, 2.24) is 29.3 Å². The molecule has 1 fully saturated rings. The Balaban J connectivity index is 1.53. The Hall–Kier alpha value is -2.91. The largest absolute Gasteiger partial charge is 0.433 e. The smallest absolute Gasteiger partial charge is 0.341 e. The molecule has 0 spiro atoms. The Kier molecular flexibility index (Phi) is 5.50. The van der Waals surface area contributed by atoms with E-state index in [0.717, 1.165) is 16.1 Å². The van der Waals surface area contributed by atoms with Crippen molar-refractivity contribution in [3.63, 3.8) is 0 Å². The van der Waals surface area contributed by atoms with Gasteiger partial charge in [0.15, 0.2) is 5.65 Å². The van der Waals surface area contributed by atoms with E-state index in [-0.39, 0.29) is 24.0 Å². The fraction of sp³-hybridized carbons (Fsp3) is 0.545. The van der Waals surface area contributed by atoms with Gasteiger partial charge in [-0.2, -0.15) is 23.4 Å². The third-order valence-corrected chi connectivity index (χ3v) is 5.83. The number of piperidine rings is 1. The van der Waals surface area contributed by atoms with Gasteiger partial charge in [0, 0.05) is 36.7 Å². The van der Waals surface area contributed by atoms with Crippen molar-refractivity contribution in [1.29, 1.82) is 0 Å². The number of aryl methyl sites for hydroxylation is 1. The molecule has 1 saturated heterocycles. The Morgan fingerprint density at radius 1 is 1.16 bits per heavy atom. The summed E-state index contributed by atoms with van der Waals surface area (Å²) in [6, 6.07) is 2.74. The highest BCUT2D eigenvalue weighted by molar-refractivity contribution is 5.76. The van der Waals surface area contributed by atoms with Crippen molar-refractivity contribution in [2.45, 2.75) is 64.6 Å². The van der Waals surface area contributed by atoms with Crippen LogP contribution in [0.1, 0.15) is 62.2 Å². The number of likely N-dealkylation sites (tertiary alicyclic amines) is 1. The van der Waals surface area contributed by atoms with Gasteiger partial charge in [-0.25, -0.2) is 9.50 Å². The molecule has 3 aromatic heterocycles. The molecule has 7 nitrogen and oxygen atoms in total. The number of alkyl halides is 3. The van der Waals surface area contributed by atoms with Gasteiger partial charge >= 0.3 is 6.18 Å². The minimum atomic E-state index is -4.54. The van der Waals surface area contributed by atoms with Gasteiger partial charge < -0.3 is 4.90 Å². The normalized spacial score (nSPS) is 16.2. The average molecular weight is 448 g/mol. The zero-order valence-corrected chi connectivity index (χ0v) is 18.6. The highest BCUT2D eigenvalue weighted by atomic mass is 19.4. The summed E-state index contributed by atoms with van der Waals surface area (Å²) in [6.45, 7) is 8.66. The van der Waals surface area contributed by atoms with Gasteiger partial charge in [-0.1, -0.05) is 20.8 Å². The predicted molar refractivity (Wildman–Crippen MR) is 112 cm³/mol. The van der Waals surface area contributed by atoms with E-state index in [1.807, 2.05) is 33.9 Å². The molecule has 0 unspecified atom stereocenters. The van der Waals surface area contributed by atoms with E-state index in [1.54, 1.807) is 21.8 Å². The van der Waals surface area contributed by atoms with Crippen LogP contribution in [0.25, 0.3) is 5.65 Å². The van der Waals surface area contributed by atoms with Crippen molar-refractivity contribution >= 4 is 11.6 Å². The molecule has 0 aromatic carbocycles. The molecule has 0 saturated carbocycles. The standard InChI is InChI=1S/C22H27F3N6O/c1-14-11-26-30(12-14)13-20(32)29-7-5-15(6-8-29)16-9-19-27-17(21(2,3)4)10-18(22(23,24)25)31(19)28-16/h9-12,15H,5-8,13H2,1-4H3. The number of rotatable bonds is 3. The van der Waals surface area contributed by atoms with E-state index >= 15 is 0 Å². The maximum absolute atomic E-state index is 13.7. The monoisotopic (exact) mass is 448 g/mol. The number of nitrogens with zero attached hydrogens (tertiary/aromatic N) is 6. The van der Waals surface area contributed by atoms with Crippen molar-refractivity contribution in [2.24, 2.45) is 0 Å². The molecular formula is C22H27F3N6O. The highest BCUT2D eigenvalue weighted by Crippen LogP contribution is 2.34. The summed E-state index contributed by atoms with van der Waals surface area (Å²) in [5.41, 5.74) is 0.810. The zero-order chi connectivity index (χ0) is 23.3. The predicted octanol–water partition coefficient (Wildman–Crippen LogP) is 3.96. The number of carbonyl (C=O) groups excluding carboxylic acids is 1. The minimum Gasteiger partial charge on any atom is -0.341 e. The Bertz CT molecular complexity index is 1130. The van der Waals surface area contributed by atoms with Gasteiger partial charge in [0.1, 0.15) is 12.2 Å². The molecule has 0 atom stereocenters. The molecular weight excluding hydrogens is 421 g/mol. The first kappa shape index (κ1) is 22.3. The second kappa shape index (κ2) is 7.90. The summed E-state index contributed by atoms with van der Waals surface area (Å²) in [7, 11) is 0. The molecule has 172 valence electrons. The molecule has 1 aliphatic heterocycles. The summed E-state index contributed by atoms with van der Waals surface area (Å²) in [5, 5.41) is 8.43. The molecule has 0 radical (unpaired) electrons. The minimum absolute atomic E-state index is 0.0163. The van der Waals surface area contributed by atoms with Crippen molar-refractivity contribution in [2.75, 3.05) is 13.1 Å². The van der Waals surface area contributed by atoms with Crippen molar-refractivity contribution in [3.05, 3.63) is 47.2 Å². The summed E-state index contributed by atoms with van der Waals surface area (Å²) in [6.07, 6.45) is 0.267. The van der Waals surface area contributed by atoms with Crippen LogP contribution in [0.5, 0.6) is 0 Å². The van der Waals surface area contributed by atoms with Gasteiger partial charge in [-0.05, 0) is 31.4 Å². The lowest BCUT2D eigenvalue weighted by atomic mass is 9.91. The first-order valence-electron chi connectivity index (χ1n) is 10.7. The first-order valence-corrected chi connectivity index (χ1v) is 10.7. The molecule has 3 aromatic rings. The number of aromatic nitrogens is 5. The molecule has 1 aliphatic rings. The van der Waals surface area contributed by atoms with E-state index in [2.05, 4.69) is 15.2 Å². The van der Waals surface area contributed by atoms with Crippen LogP contribution in [-0.4, -0.2) is 48.3 Å². The lowest BCUT2D eigenvalue weighted by molar-refractivity contribution is -0.142. The summed E-state index contributed by atoms with van der Waals surface area (Å²) in [4.78, 5) is 18.8. The van der Waals surface area contributed by atoms with E-state index < -0.39 is 17.3 Å². The summed E-state index contributed by atoms with van der Waals surface area (Å²) >= 11 is 0. The van der Waals surface area contributed by atoms with E-state index in [9.17, 15) is 18.0 Å². The number of fused-ring (bicyclic) bond motifs is 1. The Labute approximate surface area is 184 Å². The lowest BCUT2D eigenvalue weighted by Crippen LogP contribution is -2.39.